The first kappa shape index (κ1) is 13.9. The lowest BCUT2D eigenvalue weighted by Crippen LogP contribution is -2.03. The summed E-state index contributed by atoms with van der Waals surface area (Å²) in [5.74, 6) is 1.34. The van der Waals surface area contributed by atoms with Gasteiger partial charge in [-0.05, 0) is 42.8 Å². The number of nitrogens with two attached hydrogens (primary N) is 1. The van der Waals surface area contributed by atoms with E-state index in [0.29, 0.717) is 12.4 Å². The van der Waals surface area contributed by atoms with Crippen molar-refractivity contribution in [1.29, 1.82) is 0 Å². The lowest BCUT2D eigenvalue weighted by molar-refractivity contribution is 0.306. The molecule has 0 fully saturated rings. The molecule has 0 aliphatic carbocycles. The summed E-state index contributed by atoms with van der Waals surface area (Å²) in [5, 5.41) is 1.07. The third kappa shape index (κ3) is 3.00. The van der Waals surface area contributed by atoms with Gasteiger partial charge in [0, 0.05) is 15.4 Å². The van der Waals surface area contributed by atoms with Crippen LogP contribution in [0.2, 0.25) is 0 Å². The van der Waals surface area contributed by atoms with Gasteiger partial charge in [0.1, 0.15) is 18.2 Å². The molecule has 0 atom stereocenters. The van der Waals surface area contributed by atoms with E-state index in [2.05, 4.69) is 20.9 Å². The number of rotatable bonds is 3. The Hall–Kier alpha value is -2.07. The topological polar surface area (TPSA) is 48.1 Å². The van der Waals surface area contributed by atoms with Crippen LogP contribution in [-0.4, -0.2) is 4.98 Å². The third-order valence-corrected chi connectivity index (χ3v) is 4.25. The number of benzene rings is 2. The zero-order valence-corrected chi connectivity index (χ0v) is 13.2. The number of aromatic nitrogens is 1. The molecule has 106 valence electrons. The number of aryl methyl sites for hydroxylation is 1. The Morgan fingerprint density at radius 1 is 1.14 bits per heavy atom. The normalized spacial score (nSPS) is 10.8. The summed E-state index contributed by atoms with van der Waals surface area (Å²) < 4.78 is 6.89. The highest BCUT2D eigenvalue weighted by molar-refractivity contribution is 9.10. The van der Waals surface area contributed by atoms with Crippen LogP contribution < -0.4 is 10.5 Å². The second-order valence-electron chi connectivity index (χ2n) is 4.93. The highest BCUT2D eigenvalue weighted by atomic mass is 79.9. The molecule has 4 heteroatoms. The number of nitrogens with zero attached hydrogens (tertiary/aromatic N) is 1. The molecule has 1 aromatic heterocycles. The van der Waals surface area contributed by atoms with E-state index in [4.69, 9.17) is 10.5 Å². The number of anilines is 1. The van der Waals surface area contributed by atoms with Crippen molar-refractivity contribution in [3.8, 4) is 5.75 Å². The van der Waals surface area contributed by atoms with Crippen molar-refractivity contribution in [2.24, 2.45) is 0 Å². The largest absolute Gasteiger partial charge is 0.489 e. The van der Waals surface area contributed by atoms with Crippen molar-refractivity contribution < 1.29 is 4.74 Å². The highest BCUT2D eigenvalue weighted by Crippen LogP contribution is 2.24. The van der Waals surface area contributed by atoms with Crippen LogP contribution in [-0.2, 0) is 6.61 Å². The van der Waals surface area contributed by atoms with Crippen LogP contribution in [0.3, 0.4) is 0 Å². The molecule has 0 aliphatic heterocycles. The number of hydrogen-bond acceptors (Lipinski definition) is 3. The summed E-state index contributed by atoms with van der Waals surface area (Å²) in [7, 11) is 0. The van der Waals surface area contributed by atoms with Gasteiger partial charge < -0.3 is 10.5 Å². The molecule has 2 aromatic carbocycles. The van der Waals surface area contributed by atoms with Gasteiger partial charge in [0.25, 0.3) is 0 Å². The second kappa shape index (κ2) is 5.74. The van der Waals surface area contributed by atoms with Gasteiger partial charge >= 0.3 is 0 Å². The van der Waals surface area contributed by atoms with Crippen molar-refractivity contribution in [3.05, 3.63) is 64.1 Å². The first-order valence-electron chi connectivity index (χ1n) is 6.66. The van der Waals surface area contributed by atoms with Crippen LogP contribution in [0.25, 0.3) is 10.9 Å². The summed E-state index contributed by atoms with van der Waals surface area (Å²) in [6, 6.07) is 15.9. The summed E-state index contributed by atoms with van der Waals surface area (Å²) in [6.45, 7) is 2.44. The van der Waals surface area contributed by atoms with E-state index in [1.54, 1.807) is 0 Å². The predicted molar refractivity (Wildman–Crippen MR) is 89.4 cm³/mol. The van der Waals surface area contributed by atoms with E-state index in [1.807, 2.05) is 55.5 Å². The molecule has 0 saturated heterocycles. The van der Waals surface area contributed by atoms with Crippen molar-refractivity contribution in [1.82, 2.24) is 4.98 Å². The van der Waals surface area contributed by atoms with Gasteiger partial charge in [0.2, 0.25) is 0 Å². The van der Waals surface area contributed by atoms with Crippen LogP contribution in [0.1, 0.15) is 11.1 Å². The first-order valence-corrected chi connectivity index (χ1v) is 7.46. The molecule has 0 radical (unpaired) electrons. The summed E-state index contributed by atoms with van der Waals surface area (Å²) in [4.78, 5) is 4.41. The third-order valence-electron chi connectivity index (χ3n) is 3.36. The Balaban J connectivity index is 1.84. The standard InChI is InChI=1S/C17H15BrN2O/c1-11-8-14(6-7-15(11)18)21-10-13-9-12-4-2-3-5-16(12)20-17(13)19/h2-9H,10H2,1H3,(H2,19,20). The number of ether oxygens (including phenoxy) is 1. The minimum Gasteiger partial charge on any atom is -0.489 e. The van der Waals surface area contributed by atoms with Crippen LogP contribution in [0.15, 0.2) is 53.0 Å². The fourth-order valence-electron chi connectivity index (χ4n) is 2.16. The van der Waals surface area contributed by atoms with E-state index < -0.39 is 0 Å². The molecule has 0 bridgehead atoms. The van der Waals surface area contributed by atoms with Gasteiger partial charge in [0.15, 0.2) is 0 Å². The lowest BCUT2D eigenvalue weighted by atomic mass is 10.1. The maximum absolute atomic E-state index is 6.01. The molecule has 1 heterocycles. The number of pyridine rings is 1. The maximum Gasteiger partial charge on any atom is 0.130 e. The molecule has 3 rings (SSSR count). The Labute approximate surface area is 131 Å². The highest BCUT2D eigenvalue weighted by Gasteiger charge is 2.05. The zero-order chi connectivity index (χ0) is 14.8. The van der Waals surface area contributed by atoms with Crippen LogP contribution in [0.4, 0.5) is 5.82 Å². The average Bonchev–Trinajstić information content (AvgIpc) is 2.48. The van der Waals surface area contributed by atoms with Gasteiger partial charge in [-0.3, -0.25) is 0 Å². The molecule has 0 spiro atoms. The molecule has 0 unspecified atom stereocenters. The van der Waals surface area contributed by atoms with Crippen molar-refractivity contribution in [2.75, 3.05) is 5.73 Å². The Morgan fingerprint density at radius 3 is 2.76 bits per heavy atom. The van der Waals surface area contributed by atoms with E-state index in [9.17, 15) is 0 Å². The van der Waals surface area contributed by atoms with E-state index >= 15 is 0 Å². The molecule has 0 aliphatic rings. The second-order valence-corrected chi connectivity index (χ2v) is 5.78. The Bertz CT molecular complexity index is 802. The summed E-state index contributed by atoms with van der Waals surface area (Å²) in [5.41, 5.74) is 8.94. The van der Waals surface area contributed by atoms with E-state index in [1.165, 1.54) is 0 Å². The number of nitrogen functional groups attached to an aromatic ring is 1. The van der Waals surface area contributed by atoms with E-state index in [0.717, 1.165) is 32.3 Å². The maximum atomic E-state index is 6.01. The first-order chi connectivity index (χ1) is 10.1. The Morgan fingerprint density at radius 2 is 1.95 bits per heavy atom. The SMILES string of the molecule is Cc1cc(OCc2cc3ccccc3nc2N)ccc1Br. The van der Waals surface area contributed by atoms with E-state index in [-0.39, 0.29) is 0 Å². The number of hydrogen-bond donors (Lipinski definition) is 1. The summed E-state index contributed by atoms with van der Waals surface area (Å²) >= 11 is 3.48. The van der Waals surface area contributed by atoms with Crippen LogP contribution in [0, 0.1) is 6.92 Å². The fraction of sp³-hybridized carbons (Fsp3) is 0.118. The lowest BCUT2D eigenvalue weighted by Gasteiger charge is -2.10. The molecular formula is C17H15BrN2O. The minimum atomic E-state index is 0.407. The molecular weight excluding hydrogens is 328 g/mol. The fourth-order valence-corrected chi connectivity index (χ4v) is 2.40. The minimum absolute atomic E-state index is 0.407. The smallest absolute Gasteiger partial charge is 0.130 e. The van der Waals surface area contributed by atoms with Crippen LogP contribution in [0.5, 0.6) is 5.75 Å². The number of para-hydroxylation sites is 1. The van der Waals surface area contributed by atoms with Gasteiger partial charge in [0.05, 0.1) is 5.52 Å². The predicted octanol–water partition coefficient (Wildman–Crippen LogP) is 4.47. The quantitative estimate of drug-likeness (QED) is 0.763. The van der Waals surface area contributed by atoms with Crippen molar-refractivity contribution in [2.45, 2.75) is 13.5 Å². The molecule has 3 nitrogen and oxygen atoms in total. The molecule has 3 aromatic rings. The van der Waals surface area contributed by atoms with Gasteiger partial charge in [-0.1, -0.05) is 34.1 Å². The summed E-state index contributed by atoms with van der Waals surface area (Å²) in [6.07, 6.45) is 0. The van der Waals surface area contributed by atoms with Crippen molar-refractivity contribution in [3.63, 3.8) is 0 Å². The van der Waals surface area contributed by atoms with Gasteiger partial charge in [-0.2, -0.15) is 0 Å². The van der Waals surface area contributed by atoms with Gasteiger partial charge in [-0.25, -0.2) is 4.98 Å². The number of fused-ring (bicyclic) bond motifs is 1. The monoisotopic (exact) mass is 342 g/mol. The average molecular weight is 343 g/mol. The van der Waals surface area contributed by atoms with Gasteiger partial charge in [-0.15, -0.1) is 0 Å². The molecule has 2 N–H and O–H groups in total. The molecule has 21 heavy (non-hydrogen) atoms. The van der Waals surface area contributed by atoms with Crippen LogP contribution >= 0.6 is 15.9 Å². The molecule has 0 saturated carbocycles. The molecule has 0 amide bonds. The van der Waals surface area contributed by atoms with Crippen molar-refractivity contribution >= 4 is 32.7 Å². The Kier molecular flexibility index (Phi) is 3.80. The number of halogens is 1. The zero-order valence-electron chi connectivity index (χ0n) is 11.6.